The van der Waals surface area contributed by atoms with Gasteiger partial charge in [-0.15, -0.1) is 0 Å². The molecule has 0 atom stereocenters. The van der Waals surface area contributed by atoms with Crippen LogP contribution in [-0.2, 0) is 4.79 Å². The molecule has 1 heterocycles. The lowest BCUT2D eigenvalue weighted by Crippen LogP contribution is -2.38. The second kappa shape index (κ2) is 5.34. The Balaban J connectivity index is 2.95. The van der Waals surface area contributed by atoms with Crippen molar-refractivity contribution in [3.05, 3.63) is 18.5 Å². The number of hydrogen-bond acceptors (Lipinski definition) is 4. The fraction of sp³-hybridized carbons (Fsp3) is 0.455. The molecule has 1 amide bonds. The number of aromatic nitrogens is 1. The van der Waals surface area contributed by atoms with Crippen molar-refractivity contribution in [3.8, 4) is 0 Å². The zero-order chi connectivity index (χ0) is 12.1. The van der Waals surface area contributed by atoms with E-state index in [1.165, 1.54) is 0 Å². The van der Waals surface area contributed by atoms with E-state index in [0.29, 0.717) is 0 Å². The van der Waals surface area contributed by atoms with Crippen molar-refractivity contribution in [2.75, 3.05) is 23.8 Å². The van der Waals surface area contributed by atoms with Crippen molar-refractivity contribution in [2.24, 2.45) is 5.73 Å². The maximum Gasteiger partial charge on any atom is 0.236 e. The molecule has 0 fully saturated rings. The Labute approximate surface area is 95.7 Å². The van der Waals surface area contributed by atoms with Gasteiger partial charge in [-0.25, -0.2) is 0 Å². The smallest absolute Gasteiger partial charge is 0.236 e. The topological polar surface area (TPSA) is 71.2 Å². The largest absolute Gasteiger partial charge is 0.387 e. The van der Waals surface area contributed by atoms with Crippen LogP contribution in [0.1, 0.15) is 13.8 Å². The van der Waals surface area contributed by atoms with Gasteiger partial charge in [0.15, 0.2) is 0 Å². The Bertz CT molecular complexity index is 365. The highest BCUT2D eigenvalue weighted by Gasteiger charge is 2.13. The van der Waals surface area contributed by atoms with Crippen LogP contribution in [0.3, 0.4) is 0 Å². The minimum Gasteiger partial charge on any atom is -0.387 e. The lowest BCUT2D eigenvalue weighted by molar-refractivity contribution is -0.116. The van der Waals surface area contributed by atoms with Gasteiger partial charge in [-0.05, 0) is 19.9 Å². The molecule has 1 aromatic heterocycles. The molecule has 0 aliphatic rings. The lowest BCUT2D eigenvalue weighted by atomic mass is 10.2. The Morgan fingerprint density at radius 1 is 1.56 bits per heavy atom. The zero-order valence-corrected chi connectivity index (χ0v) is 9.90. The molecule has 88 valence electrons. The highest BCUT2D eigenvalue weighted by molar-refractivity contribution is 5.79. The van der Waals surface area contributed by atoms with Crippen LogP contribution in [0.15, 0.2) is 18.5 Å². The molecule has 0 aliphatic carbocycles. The van der Waals surface area contributed by atoms with Crippen molar-refractivity contribution in [1.82, 2.24) is 4.98 Å². The summed E-state index contributed by atoms with van der Waals surface area (Å²) in [5.41, 5.74) is 7.02. The first-order valence-corrected chi connectivity index (χ1v) is 5.22. The minimum absolute atomic E-state index is 0.196. The van der Waals surface area contributed by atoms with Gasteiger partial charge in [0.25, 0.3) is 0 Å². The summed E-state index contributed by atoms with van der Waals surface area (Å²) in [4.78, 5) is 17.0. The van der Waals surface area contributed by atoms with Gasteiger partial charge in [0.05, 0.1) is 30.3 Å². The van der Waals surface area contributed by atoms with Crippen LogP contribution in [0.4, 0.5) is 11.4 Å². The van der Waals surface area contributed by atoms with Crippen LogP contribution in [0.25, 0.3) is 0 Å². The van der Waals surface area contributed by atoms with E-state index in [2.05, 4.69) is 10.3 Å². The molecule has 1 aromatic rings. The number of pyridine rings is 1. The van der Waals surface area contributed by atoms with Crippen LogP contribution < -0.4 is 16.0 Å². The number of hydrogen-bond donors (Lipinski definition) is 2. The third-order valence-corrected chi connectivity index (χ3v) is 2.29. The summed E-state index contributed by atoms with van der Waals surface area (Å²) in [6, 6.07) is 2.14. The second-order valence-corrected chi connectivity index (χ2v) is 3.87. The van der Waals surface area contributed by atoms with Crippen LogP contribution >= 0.6 is 0 Å². The number of primary amides is 1. The van der Waals surface area contributed by atoms with Gasteiger partial charge in [-0.1, -0.05) is 0 Å². The molecule has 0 saturated carbocycles. The molecule has 5 heteroatoms. The molecule has 0 unspecified atom stereocenters. The Hall–Kier alpha value is -1.78. The number of carbonyl (C=O) groups is 1. The number of rotatable bonds is 5. The summed E-state index contributed by atoms with van der Waals surface area (Å²) >= 11 is 0. The first kappa shape index (κ1) is 12.3. The van der Waals surface area contributed by atoms with E-state index < -0.39 is 0 Å². The summed E-state index contributed by atoms with van der Waals surface area (Å²) in [5.74, 6) is -0.344. The summed E-state index contributed by atoms with van der Waals surface area (Å²) in [7, 11) is 1.83. The van der Waals surface area contributed by atoms with E-state index in [1.54, 1.807) is 12.4 Å². The van der Waals surface area contributed by atoms with Crippen molar-refractivity contribution in [1.29, 1.82) is 0 Å². The van der Waals surface area contributed by atoms with E-state index in [9.17, 15) is 4.79 Å². The van der Waals surface area contributed by atoms with Gasteiger partial charge in [-0.2, -0.15) is 0 Å². The van der Waals surface area contributed by atoms with E-state index in [0.717, 1.165) is 11.4 Å². The van der Waals surface area contributed by atoms with Crippen molar-refractivity contribution >= 4 is 17.3 Å². The third kappa shape index (κ3) is 3.12. The SMILES string of the molecule is CNc1cncc(N(CC(N)=O)C(C)C)c1. The summed E-state index contributed by atoms with van der Waals surface area (Å²) in [6.45, 7) is 4.22. The number of carbonyl (C=O) groups excluding carboxylic acids is 1. The average Bonchev–Trinajstić information content (AvgIpc) is 2.25. The Morgan fingerprint density at radius 2 is 2.25 bits per heavy atom. The summed E-state index contributed by atoms with van der Waals surface area (Å²) in [5, 5.41) is 3.01. The molecule has 0 spiro atoms. The van der Waals surface area contributed by atoms with E-state index in [-0.39, 0.29) is 18.5 Å². The van der Waals surface area contributed by atoms with Crippen LogP contribution in [0.2, 0.25) is 0 Å². The van der Waals surface area contributed by atoms with Gasteiger partial charge in [0, 0.05) is 13.1 Å². The van der Waals surface area contributed by atoms with Gasteiger partial charge in [0.1, 0.15) is 0 Å². The zero-order valence-electron chi connectivity index (χ0n) is 9.90. The first-order chi connectivity index (χ1) is 7.54. The maximum atomic E-state index is 11.0. The van der Waals surface area contributed by atoms with Gasteiger partial charge in [0.2, 0.25) is 5.91 Å². The molecule has 0 aromatic carbocycles. The predicted octanol–water partition coefficient (Wildman–Crippen LogP) is 0.823. The van der Waals surface area contributed by atoms with Gasteiger partial charge in [-0.3, -0.25) is 9.78 Å². The van der Waals surface area contributed by atoms with Crippen molar-refractivity contribution < 1.29 is 4.79 Å². The van der Waals surface area contributed by atoms with Crippen molar-refractivity contribution in [3.63, 3.8) is 0 Å². The fourth-order valence-electron chi connectivity index (χ4n) is 1.46. The monoisotopic (exact) mass is 222 g/mol. The van der Waals surface area contributed by atoms with Gasteiger partial charge >= 0.3 is 0 Å². The molecule has 5 nitrogen and oxygen atoms in total. The molecule has 16 heavy (non-hydrogen) atoms. The number of nitrogens with one attached hydrogen (secondary N) is 1. The third-order valence-electron chi connectivity index (χ3n) is 2.29. The second-order valence-electron chi connectivity index (χ2n) is 3.87. The molecular formula is C11H18N4O. The lowest BCUT2D eigenvalue weighted by Gasteiger charge is -2.27. The van der Waals surface area contributed by atoms with E-state index in [1.807, 2.05) is 31.9 Å². The summed E-state index contributed by atoms with van der Waals surface area (Å²) < 4.78 is 0. The predicted molar refractivity (Wildman–Crippen MR) is 65.5 cm³/mol. The molecular weight excluding hydrogens is 204 g/mol. The Kier molecular flexibility index (Phi) is 4.10. The normalized spacial score (nSPS) is 10.2. The van der Waals surface area contributed by atoms with E-state index in [4.69, 9.17) is 5.73 Å². The maximum absolute atomic E-state index is 11.0. The van der Waals surface area contributed by atoms with Crippen molar-refractivity contribution in [2.45, 2.75) is 19.9 Å². The highest BCUT2D eigenvalue weighted by Crippen LogP contribution is 2.19. The van der Waals surface area contributed by atoms with Gasteiger partial charge < -0.3 is 16.0 Å². The van der Waals surface area contributed by atoms with E-state index >= 15 is 0 Å². The minimum atomic E-state index is -0.344. The quantitative estimate of drug-likeness (QED) is 0.774. The molecule has 1 rings (SSSR count). The average molecular weight is 222 g/mol. The summed E-state index contributed by atoms with van der Waals surface area (Å²) in [6.07, 6.45) is 3.45. The fourth-order valence-corrected chi connectivity index (χ4v) is 1.46. The standard InChI is InChI=1S/C11H18N4O/c1-8(2)15(7-11(12)16)10-4-9(13-3)5-14-6-10/h4-6,8,13H,7H2,1-3H3,(H2,12,16). The molecule has 0 aliphatic heterocycles. The van der Waals surface area contributed by atoms with Crippen LogP contribution in [0, 0.1) is 0 Å². The number of nitrogens with zero attached hydrogens (tertiary/aromatic N) is 2. The number of nitrogens with two attached hydrogens (primary N) is 1. The molecule has 0 bridgehead atoms. The highest BCUT2D eigenvalue weighted by atomic mass is 16.1. The van der Waals surface area contributed by atoms with Crippen LogP contribution in [-0.4, -0.2) is 30.5 Å². The Morgan fingerprint density at radius 3 is 2.75 bits per heavy atom. The first-order valence-electron chi connectivity index (χ1n) is 5.22. The van der Waals surface area contributed by atoms with Crippen LogP contribution in [0.5, 0.6) is 0 Å². The number of amides is 1. The number of anilines is 2. The molecule has 0 radical (unpaired) electrons. The molecule has 0 saturated heterocycles. The molecule has 3 N–H and O–H groups in total.